The number of thiazole rings is 1. The maximum absolute atomic E-state index is 5.86. The zero-order valence-electron chi connectivity index (χ0n) is 11.6. The van der Waals surface area contributed by atoms with E-state index in [1.807, 2.05) is 30.3 Å². The van der Waals surface area contributed by atoms with Crippen molar-refractivity contribution >= 4 is 21.6 Å². The molecule has 0 aliphatic rings. The first-order valence-corrected chi connectivity index (χ1v) is 7.84. The molecule has 0 saturated carbocycles. The summed E-state index contributed by atoms with van der Waals surface area (Å²) in [4.78, 5) is 4.61. The Kier molecular flexibility index (Phi) is 4.14. The van der Waals surface area contributed by atoms with E-state index in [2.05, 4.69) is 23.3 Å². The van der Waals surface area contributed by atoms with Gasteiger partial charge in [0.2, 0.25) is 0 Å². The van der Waals surface area contributed by atoms with Crippen LogP contribution >= 0.6 is 11.3 Å². The molecule has 1 N–H and O–H groups in total. The van der Waals surface area contributed by atoms with E-state index in [9.17, 15) is 0 Å². The molecule has 0 spiro atoms. The standard InChI is InChI=1S/C16H18N2OS/c1-2-3-10-17-11-12-8-9-14(19-12)16-18-13-6-4-5-7-15(13)20-16/h4-9,17H,2-3,10-11H2,1H3. The Morgan fingerprint density at radius 3 is 2.95 bits per heavy atom. The summed E-state index contributed by atoms with van der Waals surface area (Å²) in [6.45, 7) is 4.01. The minimum atomic E-state index is 0.783. The molecule has 0 fully saturated rings. The van der Waals surface area contributed by atoms with E-state index >= 15 is 0 Å². The Labute approximate surface area is 122 Å². The van der Waals surface area contributed by atoms with Crippen LogP contribution in [0.15, 0.2) is 40.8 Å². The van der Waals surface area contributed by atoms with Gasteiger partial charge in [0.1, 0.15) is 5.76 Å². The van der Waals surface area contributed by atoms with Gasteiger partial charge in [0.25, 0.3) is 0 Å². The molecular formula is C16H18N2OS. The fourth-order valence-electron chi connectivity index (χ4n) is 2.08. The molecule has 1 aromatic carbocycles. The molecule has 0 unspecified atom stereocenters. The van der Waals surface area contributed by atoms with Gasteiger partial charge in [-0.15, -0.1) is 11.3 Å². The maximum Gasteiger partial charge on any atom is 0.163 e. The Morgan fingerprint density at radius 2 is 2.10 bits per heavy atom. The Hall–Kier alpha value is -1.65. The van der Waals surface area contributed by atoms with Gasteiger partial charge in [-0.1, -0.05) is 25.5 Å². The number of rotatable bonds is 6. The number of aromatic nitrogens is 1. The zero-order chi connectivity index (χ0) is 13.8. The summed E-state index contributed by atoms with van der Waals surface area (Å²) in [6.07, 6.45) is 2.41. The first-order valence-electron chi connectivity index (χ1n) is 7.02. The van der Waals surface area contributed by atoms with Crippen molar-refractivity contribution in [2.75, 3.05) is 6.54 Å². The van der Waals surface area contributed by atoms with Crippen LogP contribution in [-0.4, -0.2) is 11.5 Å². The molecule has 0 amide bonds. The lowest BCUT2D eigenvalue weighted by atomic mass is 10.3. The van der Waals surface area contributed by atoms with E-state index in [1.54, 1.807) is 11.3 Å². The molecule has 4 heteroatoms. The average molecular weight is 286 g/mol. The smallest absolute Gasteiger partial charge is 0.163 e. The van der Waals surface area contributed by atoms with E-state index in [-0.39, 0.29) is 0 Å². The van der Waals surface area contributed by atoms with Crippen molar-refractivity contribution in [3.05, 3.63) is 42.2 Å². The van der Waals surface area contributed by atoms with Gasteiger partial charge in [0.15, 0.2) is 10.8 Å². The molecule has 0 saturated heterocycles. The molecule has 3 nitrogen and oxygen atoms in total. The second kappa shape index (κ2) is 6.20. The van der Waals surface area contributed by atoms with Gasteiger partial charge >= 0.3 is 0 Å². The van der Waals surface area contributed by atoms with Gasteiger partial charge in [0, 0.05) is 0 Å². The van der Waals surface area contributed by atoms with Gasteiger partial charge < -0.3 is 9.73 Å². The van der Waals surface area contributed by atoms with Crippen LogP contribution in [-0.2, 0) is 6.54 Å². The van der Waals surface area contributed by atoms with Crippen LogP contribution in [0.4, 0.5) is 0 Å². The first-order chi connectivity index (χ1) is 9.86. The highest BCUT2D eigenvalue weighted by atomic mass is 32.1. The Balaban J connectivity index is 1.72. The number of benzene rings is 1. The van der Waals surface area contributed by atoms with E-state index < -0.39 is 0 Å². The van der Waals surface area contributed by atoms with Crippen LogP contribution in [0.25, 0.3) is 21.0 Å². The summed E-state index contributed by atoms with van der Waals surface area (Å²) in [6, 6.07) is 12.2. The lowest BCUT2D eigenvalue weighted by molar-refractivity contribution is 0.490. The molecule has 3 aromatic rings. The topological polar surface area (TPSA) is 38.1 Å². The van der Waals surface area contributed by atoms with Gasteiger partial charge in [-0.2, -0.15) is 0 Å². The minimum absolute atomic E-state index is 0.783. The number of furan rings is 1. The third-order valence-electron chi connectivity index (χ3n) is 3.17. The van der Waals surface area contributed by atoms with Crippen molar-refractivity contribution in [1.82, 2.24) is 10.3 Å². The predicted octanol–water partition coefficient (Wildman–Crippen LogP) is 4.45. The monoisotopic (exact) mass is 286 g/mol. The second-order valence-corrected chi connectivity index (χ2v) is 5.81. The summed E-state index contributed by atoms with van der Waals surface area (Å²) in [5, 5.41) is 4.33. The number of nitrogens with zero attached hydrogens (tertiary/aromatic N) is 1. The molecule has 2 aromatic heterocycles. The van der Waals surface area contributed by atoms with Crippen molar-refractivity contribution in [2.24, 2.45) is 0 Å². The fraction of sp³-hybridized carbons (Fsp3) is 0.312. The molecule has 104 valence electrons. The average Bonchev–Trinajstić information content (AvgIpc) is 3.09. The lowest BCUT2D eigenvalue weighted by Gasteiger charge is -2.00. The molecule has 3 rings (SSSR count). The first kappa shape index (κ1) is 13.3. The summed E-state index contributed by atoms with van der Waals surface area (Å²) in [7, 11) is 0. The summed E-state index contributed by atoms with van der Waals surface area (Å²) in [5.74, 6) is 1.83. The molecule has 0 atom stereocenters. The zero-order valence-corrected chi connectivity index (χ0v) is 12.4. The molecule has 0 aliphatic carbocycles. The van der Waals surface area contributed by atoms with Crippen molar-refractivity contribution < 1.29 is 4.42 Å². The number of fused-ring (bicyclic) bond motifs is 1. The Bertz CT molecular complexity index is 653. The van der Waals surface area contributed by atoms with Crippen LogP contribution in [0, 0.1) is 0 Å². The molecule has 0 aliphatic heterocycles. The minimum Gasteiger partial charge on any atom is -0.457 e. The molecule has 0 bridgehead atoms. The number of nitrogens with one attached hydrogen (secondary N) is 1. The van der Waals surface area contributed by atoms with E-state index in [1.165, 1.54) is 17.5 Å². The molecular weight excluding hydrogens is 268 g/mol. The SMILES string of the molecule is CCCCNCc1ccc(-c2nc3ccccc3s2)o1. The van der Waals surface area contributed by atoms with Crippen LogP contribution < -0.4 is 5.32 Å². The van der Waals surface area contributed by atoms with Crippen LogP contribution in [0.3, 0.4) is 0 Å². The van der Waals surface area contributed by atoms with Crippen molar-refractivity contribution in [1.29, 1.82) is 0 Å². The summed E-state index contributed by atoms with van der Waals surface area (Å²) < 4.78 is 7.06. The predicted molar refractivity (Wildman–Crippen MR) is 83.9 cm³/mol. The normalized spacial score (nSPS) is 11.2. The Morgan fingerprint density at radius 1 is 1.20 bits per heavy atom. The quantitative estimate of drug-likeness (QED) is 0.680. The number of para-hydroxylation sites is 1. The highest BCUT2D eigenvalue weighted by molar-refractivity contribution is 7.21. The van der Waals surface area contributed by atoms with Crippen molar-refractivity contribution in [3.8, 4) is 10.8 Å². The van der Waals surface area contributed by atoms with Gasteiger partial charge in [-0.25, -0.2) is 4.98 Å². The van der Waals surface area contributed by atoms with Gasteiger partial charge in [-0.05, 0) is 37.2 Å². The van der Waals surface area contributed by atoms with Crippen LogP contribution in [0.5, 0.6) is 0 Å². The van der Waals surface area contributed by atoms with Crippen molar-refractivity contribution in [3.63, 3.8) is 0 Å². The maximum atomic E-state index is 5.86. The lowest BCUT2D eigenvalue weighted by Crippen LogP contribution is -2.13. The number of unbranched alkanes of at least 4 members (excludes halogenated alkanes) is 1. The van der Waals surface area contributed by atoms with Crippen LogP contribution in [0.2, 0.25) is 0 Å². The highest BCUT2D eigenvalue weighted by Gasteiger charge is 2.10. The largest absolute Gasteiger partial charge is 0.457 e. The molecule has 20 heavy (non-hydrogen) atoms. The van der Waals surface area contributed by atoms with Crippen LogP contribution in [0.1, 0.15) is 25.5 Å². The summed E-state index contributed by atoms with van der Waals surface area (Å²) >= 11 is 1.67. The highest BCUT2D eigenvalue weighted by Crippen LogP contribution is 2.30. The van der Waals surface area contributed by atoms with Gasteiger partial charge in [-0.3, -0.25) is 0 Å². The summed E-state index contributed by atoms with van der Waals surface area (Å²) in [5.41, 5.74) is 1.03. The van der Waals surface area contributed by atoms with E-state index in [0.717, 1.165) is 35.1 Å². The third-order valence-corrected chi connectivity index (χ3v) is 4.22. The van der Waals surface area contributed by atoms with Crippen molar-refractivity contribution in [2.45, 2.75) is 26.3 Å². The molecule has 0 radical (unpaired) electrons. The number of hydrogen-bond acceptors (Lipinski definition) is 4. The van der Waals surface area contributed by atoms with E-state index in [4.69, 9.17) is 4.42 Å². The molecule has 2 heterocycles. The second-order valence-electron chi connectivity index (χ2n) is 4.78. The fourth-order valence-corrected chi connectivity index (χ4v) is 3.01. The third kappa shape index (κ3) is 2.92. The number of hydrogen-bond donors (Lipinski definition) is 1. The van der Waals surface area contributed by atoms with Gasteiger partial charge in [0.05, 0.1) is 16.8 Å². The van der Waals surface area contributed by atoms with E-state index in [0.29, 0.717) is 0 Å².